The van der Waals surface area contributed by atoms with Crippen LogP contribution in [-0.2, 0) is 27.8 Å². The number of carbonyl (C=O) groups is 2. The van der Waals surface area contributed by atoms with Crippen LogP contribution in [0.25, 0.3) is 0 Å². The van der Waals surface area contributed by atoms with Gasteiger partial charge in [0.2, 0.25) is 0 Å². The molecule has 35 heavy (non-hydrogen) atoms. The number of nitrogens with two attached hydrogens (primary N) is 2. The molecule has 0 heterocycles. The monoisotopic (exact) mass is 476 g/mol. The number of rotatable bonds is 8. The summed E-state index contributed by atoms with van der Waals surface area (Å²) in [6.07, 6.45) is 4.64. The van der Waals surface area contributed by atoms with E-state index < -0.39 is 17.4 Å². The minimum atomic E-state index is -0.961. The number of aliphatic hydroxyl groups is 1. The van der Waals surface area contributed by atoms with Gasteiger partial charge in [-0.2, -0.15) is 0 Å². The van der Waals surface area contributed by atoms with E-state index in [-0.39, 0.29) is 24.5 Å². The summed E-state index contributed by atoms with van der Waals surface area (Å²) in [7, 11) is 0. The fourth-order valence-electron chi connectivity index (χ4n) is 5.80. The van der Waals surface area contributed by atoms with Crippen molar-refractivity contribution in [3.05, 3.63) is 59.2 Å². The predicted octanol–water partition coefficient (Wildman–Crippen LogP) is 2.40. The molecule has 0 radical (unpaired) electrons. The Bertz CT molecular complexity index is 1170. The number of hydrogen-bond acceptors (Lipinski definition) is 5. The maximum absolute atomic E-state index is 11.2. The van der Waals surface area contributed by atoms with Gasteiger partial charge in [0.05, 0.1) is 0 Å². The molecule has 7 nitrogen and oxygen atoms in total. The fraction of sp³-hybridized carbons (Fsp3) is 0.429. The molecule has 7 heteroatoms. The van der Waals surface area contributed by atoms with E-state index >= 15 is 0 Å². The van der Waals surface area contributed by atoms with E-state index in [4.69, 9.17) is 20.9 Å². The van der Waals surface area contributed by atoms with E-state index in [2.05, 4.69) is 17.9 Å². The van der Waals surface area contributed by atoms with Crippen LogP contribution in [0.15, 0.2) is 42.5 Å². The van der Waals surface area contributed by atoms with Gasteiger partial charge in [0.1, 0.15) is 17.1 Å². The number of amides is 2. The number of ether oxygens (including phenoxy) is 2. The first-order valence-electron chi connectivity index (χ1n) is 11.9. The zero-order chi connectivity index (χ0) is 25.1. The molecule has 0 unspecified atom stereocenters. The second-order valence-electron chi connectivity index (χ2n) is 9.65. The first kappa shape index (κ1) is 24.6. The second kappa shape index (κ2) is 10.0. The highest BCUT2D eigenvalue weighted by atomic mass is 16.5. The first-order valence-corrected chi connectivity index (χ1v) is 11.9. The number of fused-ring (bicyclic) bond motifs is 3. The lowest BCUT2D eigenvalue weighted by atomic mass is 9.52. The maximum atomic E-state index is 11.2. The zero-order valence-corrected chi connectivity index (χ0v) is 20.0. The quantitative estimate of drug-likeness (QED) is 0.505. The minimum absolute atomic E-state index is 0.153. The van der Waals surface area contributed by atoms with Gasteiger partial charge in [0.15, 0.2) is 13.2 Å². The third-order valence-electron chi connectivity index (χ3n) is 7.29. The Kier molecular flexibility index (Phi) is 7.04. The van der Waals surface area contributed by atoms with Gasteiger partial charge in [0, 0.05) is 5.41 Å². The third-order valence-corrected chi connectivity index (χ3v) is 7.29. The highest BCUT2D eigenvalue weighted by Gasteiger charge is 2.51. The molecule has 1 fully saturated rings. The Balaban J connectivity index is 1.66. The van der Waals surface area contributed by atoms with Gasteiger partial charge in [-0.3, -0.25) is 9.59 Å². The van der Waals surface area contributed by atoms with Crippen LogP contribution in [0.2, 0.25) is 0 Å². The highest BCUT2D eigenvalue weighted by molar-refractivity contribution is 5.75. The predicted molar refractivity (Wildman–Crippen MR) is 132 cm³/mol. The van der Waals surface area contributed by atoms with Crippen LogP contribution in [0, 0.1) is 17.8 Å². The van der Waals surface area contributed by atoms with Crippen LogP contribution in [0.1, 0.15) is 49.3 Å². The van der Waals surface area contributed by atoms with Crippen LogP contribution in [-0.4, -0.2) is 35.7 Å². The molecule has 0 aliphatic heterocycles. The van der Waals surface area contributed by atoms with E-state index in [0.717, 1.165) is 31.2 Å². The van der Waals surface area contributed by atoms with Gasteiger partial charge in [-0.25, -0.2) is 0 Å². The summed E-state index contributed by atoms with van der Waals surface area (Å²) >= 11 is 0. The standard InChI is InChI=1S/C28H32N2O5/c1-2-11-27(33)12-13-28(15-19-3-7-22(8-4-19)34-17-25(29)31)21(16-27)6-5-20-14-23(9-10-24(20)28)35-18-26(30)32/h3-4,7-10,14,21,33H,5-6,12-13,15-18H2,1H3,(H2,29,31)(H2,30,32)/t21-,27+,28+/m0/s1. The van der Waals surface area contributed by atoms with Crippen LogP contribution < -0.4 is 20.9 Å². The average molecular weight is 477 g/mol. The van der Waals surface area contributed by atoms with Gasteiger partial charge in [0.25, 0.3) is 11.8 Å². The molecular weight excluding hydrogens is 444 g/mol. The Hall–Kier alpha value is -3.50. The van der Waals surface area contributed by atoms with Gasteiger partial charge in [-0.05, 0) is 92.3 Å². The first-order chi connectivity index (χ1) is 16.7. The molecule has 0 bridgehead atoms. The second-order valence-corrected chi connectivity index (χ2v) is 9.65. The van der Waals surface area contributed by atoms with E-state index in [0.29, 0.717) is 24.3 Å². The van der Waals surface area contributed by atoms with E-state index in [1.54, 1.807) is 6.92 Å². The Morgan fingerprint density at radius 3 is 2.34 bits per heavy atom. The summed E-state index contributed by atoms with van der Waals surface area (Å²) in [6.45, 7) is 1.46. The number of carbonyl (C=O) groups excluding carboxylic acids is 2. The SMILES string of the molecule is CC#C[C@@]1(O)CC[C@]2(Cc3ccc(OCC(N)=O)cc3)c3ccc(OCC(N)=O)cc3CC[C@H]2C1. The van der Waals surface area contributed by atoms with Crippen molar-refractivity contribution >= 4 is 11.8 Å². The number of benzene rings is 2. The number of hydrogen-bond donors (Lipinski definition) is 3. The van der Waals surface area contributed by atoms with Crippen LogP contribution in [0.3, 0.4) is 0 Å². The summed E-state index contributed by atoms with van der Waals surface area (Å²) in [6, 6.07) is 13.8. The van der Waals surface area contributed by atoms with Crippen molar-refractivity contribution in [3.8, 4) is 23.3 Å². The number of aryl methyl sites for hydroxylation is 1. The Labute approximate surface area is 205 Å². The molecule has 2 aliphatic carbocycles. The van der Waals surface area contributed by atoms with Crippen molar-refractivity contribution in [2.45, 2.75) is 56.5 Å². The Morgan fingerprint density at radius 1 is 1.03 bits per heavy atom. The van der Waals surface area contributed by atoms with E-state index in [1.165, 1.54) is 11.1 Å². The van der Waals surface area contributed by atoms with Crippen LogP contribution >= 0.6 is 0 Å². The van der Waals surface area contributed by atoms with Gasteiger partial charge < -0.3 is 26.0 Å². The molecule has 2 aromatic carbocycles. The van der Waals surface area contributed by atoms with E-state index in [9.17, 15) is 14.7 Å². The minimum Gasteiger partial charge on any atom is -0.484 e. The molecule has 0 spiro atoms. The van der Waals surface area contributed by atoms with Crippen molar-refractivity contribution in [3.63, 3.8) is 0 Å². The third kappa shape index (κ3) is 5.44. The zero-order valence-electron chi connectivity index (χ0n) is 20.0. The normalized spacial score (nSPS) is 24.8. The molecule has 1 saturated carbocycles. The molecule has 3 atom stereocenters. The maximum Gasteiger partial charge on any atom is 0.255 e. The molecule has 2 aromatic rings. The summed E-state index contributed by atoms with van der Waals surface area (Å²) in [5.41, 5.74) is 12.9. The van der Waals surface area contributed by atoms with Crippen molar-refractivity contribution < 1.29 is 24.2 Å². The smallest absolute Gasteiger partial charge is 0.255 e. The summed E-state index contributed by atoms with van der Waals surface area (Å²) < 4.78 is 11.0. The lowest BCUT2D eigenvalue weighted by molar-refractivity contribution is -0.120. The van der Waals surface area contributed by atoms with Gasteiger partial charge in [-0.15, -0.1) is 5.92 Å². The lowest BCUT2D eigenvalue weighted by Gasteiger charge is -2.52. The molecule has 184 valence electrons. The van der Waals surface area contributed by atoms with Crippen molar-refractivity contribution in [2.75, 3.05) is 13.2 Å². The van der Waals surface area contributed by atoms with Crippen molar-refractivity contribution in [1.82, 2.24) is 0 Å². The lowest BCUT2D eigenvalue weighted by Crippen LogP contribution is -2.50. The molecule has 2 aliphatic rings. The van der Waals surface area contributed by atoms with Gasteiger partial charge >= 0.3 is 0 Å². The van der Waals surface area contributed by atoms with Crippen LogP contribution in [0.5, 0.6) is 11.5 Å². The average Bonchev–Trinajstić information content (AvgIpc) is 2.82. The van der Waals surface area contributed by atoms with Crippen LogP contribution in [0.4, 0.5) is 0 Å². The highest BCUT2D eigenvalue weighted by Crippen LogP contribution is 2.54. The van der Waals surface area contributed by atoms with Gasteiger partial charge in [-0.1, -0.05) is 24.1 Å². The topological polar surface area (TPSA) is 125 Å². The molecule has 5 N–H and O–H groups in total. The molecule has 2 amide bonds. The molecule has 0 saturated heterocycles. The molecule has 4 rings (SSSR count). The molecule has 0 aromatic heterocycles. The van der Waals surface area contributed by atoms with E-state index in [1.807, 2.05) is 36.4 Å². The van der Waals surface area contributed by atoms with Crippen molar-refractivity contribution in [2.24, 2.45) is 17.4 Å². The largest absolute Gasteiger partial charge is 0.484 e. The number of primary amides is 2. The Morgan fingerprint density at radius 2 is 1.69 bits per heavy atom. The van der Waals surface area contributed by atoms with Crippen molar-refractivity contribution in [1.29, 1.82) is 0 Å². The summed E-state index contributed by atoms with van der Waals surface area (Å²) in [5.74, 6) is 6.43. The molecular formula is C28H32N2O5. The summed E-state index contributed by atoms with van der Waals surface area (Å²) in [4.78, 5) is 22.2. The summed E-state index contributed by atoms with van der Waals surface area (Å²) in [5, 5.41) is 11.2. The fourth-order valence-corrected chi connectivity index (χ4v) is 5.80.